The zero-order chi connectivity index (χ0) is 23.5. The van der Waals surface area contributed by atoms with E-state index < -0.39 is 12.0 Å². The maximum Gasteiger partial charge on any atom is 0.338 e. The van der Waals surface area contributed by atoms with E-state index in [4.69, 9.17) is 14.5 Å². The van der Waals surface area contributed by atoms with E-state index in [1.54, 1.807) is 6.08 Å². The number of carbonyl (C=O) groups is 2. The normalized spacial score (nSPS) is 20.3. The Balaban J connectivity index is 1.73. The van der Waals surface area contributed by atoms with Gasteiger partial charge in [0.25, 0.3) is 0 Å². The SMILES string of the molecule is C=CCOC(=O)C1=C(C)N=C2SC=C(CC(=O)N3CCOCC3)N2[C@H]1c1cc(C)ccc1C. The van der Waals surface area contributed by atoms with Crippen LogP contribution in [0.5, 0.6) is 0 Å². The molecule has 3 aliphatic rings. The third-order valence-corrected chi connectivity index (χ3v) is 6.87. The summed E-state index contributed by atoms with van der Waals surface area (Å²) in [5.74, 6) is -0.370. The highest BCUT2D eigenvalue weighted by atomic mass is 32.2. The van der Waals surface area contributed by atoms with Gasteiger partial charge in [-0.3, -0.25) is 4.79 Å². The fourth-order valence-electron chi connectivity index (χ4n) is 4.27. The van der Waals surface area contributed by atoms with Crippen molar-refractivity contribution < 1.29 is 19.1 Å². The second kappa shape index (κ2) is 9.97. The van der Waals surface area contributed by atoms with E-state index in [0.717, 1.165) is 27.6 Å². The van der Waals surface area contributed by atoms with Gasteiger partial charge in [0, 0.05) is 18.8 Å². The fraction of sp³-hybridized carbons (Fsp3) is 0.400. The van der Waals surface area contributed by atoms with Crippen LogP contribution in [0.25, 0.3) is 0 Å². The molecule has 1 fully saturated rings. The zero-order valence-electron chi connectivity index (χ0n) is 19.3. The number of thioether (sulfide) groups is 1. The standard InChI is InChI=1S/C25H29N3O4S/c1-5-10-32-24(30)22-18(4)26-25-28(23(22)20-13-16(2)6-7-17(20)3)19(15-33-25)14-21(29)27-8-11-31-12-9-27/h5-7,13,15,23H,1,8-12,14H2,2-4H3/t23-/m0/s1. The van der Waals surface area contributed by atoms with Gasteiger partial charge in [-0.25, -0.2) is 9.79 Å². The first-order chi connectivity index (χ1) is 15.9. The van der Waals surface area contributed by atoms with Gasteiger partial charge in [0.2, 0.25) is 5.91 Å². The van der Waals surface area contributed by atoms with Crippen molar-refractivity contribution in [3.05, 3.63) is 69.9 Å². The van der Waals surface area contributed by atoms with Gasteiger partial charge >= 0.3 is 5.97 Å². The molecule has 0 bridgehead atoms. The maximum absolute atomic E-state index is 13.2. The number of amidine groups is 1. The molecule has 1 atom stereocenters. The number of esters is 1. The van der Waals surface area contributed by atoms with Gasteiger partial charge in [-0.15, -0.1) is 0 Å². The molecule has 174 valence electrons. The predicted molar refractivity (Wildman–Crippen MR) is 129 cm³/mol. The summed E-state index contributed by atoms with van der Waals surface area (Å²) >= 11 is 1.48. The van der Waals surface area contributed by atoms with Crippen molar-refractivity contribution in [2.45, 2.75) is 33.2 Å². The minimum atomic E-state index is -0.423. The molecule has 8 heteroatoms. The lowest BCUT2D eigenvalue weighted by atomic mass is 9.90. The molecule has 1 aromatic carbocycles. The van der Waals surface area contributed by atoms with E-state index in [1.165, 1.54) is 11.8 Å². The molecular formula is C25H29N3O4S. The minimum Gasteiger partial charge on any atom is -0.458 e. The number of ether oxygens (including phenoxy) is 2. The van der Waals surface area contributed by atoms with Gasteiger partial charge in [-0.2, -0.15) is 0 Å². The number of nitrogens with zero attached hydrogens (tertiary/aromatic N) is 3. The number of hydrogen-bond acceptors (Lipinski definition) is 7. The van der Waals surface area contributed by atoms with Gasteiger partial charge in [0.1, 0.15) is 6.61 Å². The number of amides is 1. The van der Waals surface area contributed by atoms with Crippen molar-refractivity contribution in [3.8, 4) is 0 Å². The van der Waals surface area contributed by atoms with E-state index in [-0.39, 0.29) is 18.9 Å². The highest BCUT2D eigenvalue weighted by molar-refractivity contribution is 8.16. The average molecular weight is 468 g/mol. The number of fused-ring (bicyclic) bond motifs is 1. The van der Waals surface area contributed by atoms with Crippen molar-refractivity contribution >= 4 is 28.8 Å². The Kier molecular flexibility index (Phi) is 7.05. The average Bonchev–Trinajstić information content (AvgIpc) is 3.20. The number of hydrogen-bond donors (Lipinski definition) is 0. The monoisotopic (exact) mass is 467 g/mol. The van der Waals surface area contributed by atoms with Crippen LogP contribution in [0.1, 0.15) is 36.1 Å². The number of morpholine rings is 1. The molecule has 0 spiro atoms. The van der Waals surface area contributed by atoms with Crippen LogP contribution in [-0.4, -0.2) is 59.8 Å². The molecule has 0 N–H and O–H groups in total. The van der Waals surface area contributed by atoms with Gasteiger partial charge < -0.3 is 19.3 Å². The van der Waals surface area contributed by atoms with Crippen molar-refractivity contribution in [2.75, 3.05) is 32.9 Å². The van der Waals surface area contributed by atoms with Crippen molar-refractivity contribution in [2.24, 2.45) is 4.99 Å². The molecule has 7 nitrogen and oxygen atoms in total. The summed E-state index contributed by atoms with van der Waals surface area (Å²) in [6.45, 7) is 12.0. The third kappa shape index (κ3) is 4.77. The number of aryl methyl sites for hydroxylation is 2. The molecule has 0 unspecified atom stereocenters. The summed E-state index contributed by atoms with van der Waals surface area (Å²) in [5.41, 5.74) is 5.11. The summed E-state index contributed by atoms with van der Waals surface area (Å²) in [7, 11) is 0. The molecule has 0 saturated carbocycles. The van der Waals surface area contributed by atoms with E-state index in [1.807, 2.05) is 36.0 Å². The summed E-state index contributed by atoms with van der Waals surface area (Å²) in [5, 5.41) is 2.74. The quantitative estimate of drug-likeness (QED) is 0.467. The number of rotatable bonds is 6. The van der Waals surface area contributed by atoms with Crippen LogP contribution in [0.4, 0.5) is 0 Å². The summed E-state index contributed by atoms with van der Waals surface area (Å²) in [4.78, 5) is 34.8. The first kappa shape index (κ1) is 23.3. The number of allylic oxidation sites excluding steroid dienone is 1. The zero-order valence-corrected chi connectivity index (χ0v) is 20.1. The number of carbonyl (C=O) groups excluding carboxylic acids is 2. The molecule has 1 saturated heterocycles. The van der Waals surface area contributed by atoms with Crippen LogP contribution < -0.4 is 0 Å². The van der Waals surface area contributed by atoms with Gasteiger partial charge in [0.15, 0.2) is 5.17 Å². The molecule has 0 radical (unpaired) electrons. The summed E-state index contributed by atoms with van der Waals surface area (Å²) in [6.07, 6.45) is 1.79. The first-order valence-corrected chi connectivity index (χ1v) is 11.9. The van der Waals surface area contributed by atoms with Gasteiger partial charge in [0.05, 0.1) is 36.9 Å². The Bertz CT molecular complexity index is 1070. The summed E-state index contributed by atoms with van der Waals surface area (Å²) < 4.78 is 10.8. The summed E-state index contributed by atoms with van der Waals surface area (Å²) in [6, 6.07) is 5.79. The topological polar surface area (TPSA) is 71.4 Å². The second-order valence-electron chi connectivity index (χ2n) is 8.31. The Labute approximate surface area is 198 Å². The third-order valence-electron chi connectivity index (χ3n) is 5.98. The maximum atomic E-state index is 13.2. The van der Waals surface area contributed by atoms with Crippen LogP contribution in [0.3, 0.4) is 0 Å². The minimum absolute atomic E-state index is 0.0492. The molecule has 4 rings (SSSR count). The highest BCUT2D eigenvalue weighted by Crippen LogP contribution is 2.45. The molecule has 3 aliphatic heterocycles. The highest BCUT2D eigenvalue weighted by Gasteiger charge is 2.42. The molecular weight excluding hydrogens is 438 g/mol. The van der Waals surface area contributed by atoms with Crippen LogP contribution in [-0.2, 0) is 19.1 Å². The number of aliphatic imine (C=N–C) groups is 1. The Morgan fingerprint density at radius 1 is 1.27 bits per heavy atom. The predicted octanol–water partition coefficient (Wildman–Crippen LogP) is 3.86. The molecule has 1 aromatic rings. The Hall–Kier alpha value is -2.84. The first-order valence-electron chi connectivity index (χ1n) is 11.1. The van der Waals surface area contributed by atoms with E-state index >= 15 is 0 Å². The van der Waals surface area contributed by atoms with Crippen molar-refractivity contribution in [1.29, 1.82) is 0 Å². The van der Waals surface area contributed by atoms with Crippen LogP contribution in [0.15, 0.2) is 58.2 Å². The van der Waals surface area contributed by atoms with Gasteiger partial charge in [-0.05, 0) is 37.3 Å². The molecule has 0 aliphatic carbocycles. The van der Waals surface area contributed by atoms with E-state index in [2.05, 4.69) is 24.8 Å². The lowest BCUT2D eigenvalue weighted by Crippen LogP contribution is -2.42. The van der Waals surface area contributed by atoms with E-state index in [0.29, 0.717) is 37.6 Å². The molecule has 0 aromatic heterocycles. The largest absolute Gasteiger partial charge is 0.458 e. The second-order valence-corrected chi connectivity index (χ2v) is 9.15. The van der Waals surface area contributed by atoms with Gasteiger partial charge in [-0.1, -0.05) is 48.2 Å². The Morgan fingerprint density at radius 3 is 2.76 bits per heavy atom. The van der Waals surface area contributed by atoms with Crippen molar-refractivity contribution in [1.82, 2.24) is 9.80 Å². The molecule has 3 heterocycles. The number of benzene rings is 1. The van der Waals surface area contributed by atoms with Crippen LogP contribution in [0, 0.1) is 13.8 Å². The van der Waals surface area contributed by atoms with E-state index in [9.17, 15) is 9.59 Å². The smallest absolute Gasteiger partial charge is 0.338 e. The lowest BCUT2D eigenvalue weighted by Gasteiger charge is -2.37. The van der Waals surface area contributed by atoms with Crippen LogP contribution in [0.2, 0.25) is 0 Å². The molecule has 33 heavy (non-hydrogen) atoms. The lowest BCUT2D eigenvalue weighted by molar-refractivity contribution is -0.138. The van der Waals surface area contributed by atoms with Crippen molar-refractivity contribution in [3.63, 3.8) is 0 Å². The Morgan fingerprint density at radius 2 is 2.03 bits per heavy atom. The molecule has 1 amide bonds. The fourth-order valence-corrected chi connectivity index (χ4v) is 5.24. The van der Waals surface area contributed by atoms with Crippen LogP contribution >= 0.6 is 11.8 Å².